The van der Waals surface area contributed by atoms with Crippen molar-refractivity contribution in [1.29, 1.82) is 0 Å². The van der Waals surface area contributed by atoms with Crippen LogP contribution in [0.25, 0.3) is 0 Å². The Morgan fingerprint density at radius 2 is 2.05 bits per heavy atom. The van der Waals surface area contributed by atoms with Crippen molar-refractivity contribution >= 4 is 22.0 Å². The molecule has 0 bridgehead atoms. The minimum atomic E-state index is -3.96. The Balaban J connectivity index is 3.00. The second-order valence-corrected chi connectivity index (χ2v) is 5.52. The van der Waals surface area contributed by atoms with Crippen LogP contribution in [0.2, 0.25) is 0 Å². The quantitative estimate of drug-likeness (QED) is 0.731. The number of esters is 1. The molecule has 8 nitrogen and oxygen atoms in total. The summed E-state index contributed by atoms with van der Waals surface area (Å²) in [5, 5.41) is 8.33. The van der Waals surface area contributed by atoms with Crippen molar-refractivity contribution in [2.24, 2.45) is 0 Å². The standard InChI is InChI=1S/C10H12N2O6S/c1-12(6-9(13)18-2)19(16,17)8-4-3-7(5-11-8)10(14)15/h3-5H,6H2,1-2H3,(H,14,15). The lowest BCUT2D eigenvalue weighted by molar-refractivity contribution is -0.140. The summed E-state index contributed by atoms with van der Waals surface area (Å²) in [6.45, 7) is -0.457. The third-order valence-electron chi connectivity index (χ3n) is 2.24. The van der Waals surface area contributed by atoms with Gasteiger partial charge in [-0.3, -0.25) is 4.79 Å². The highest BCUT2D eigenvalue weighted by Gasteiger charge is 2.24. The summed E-state index contributed by atoms with van der Waals surface area (Å²) in [4.78, 5) is 25.2. The Kier molecular flexibility index (Phi) is 4.57. The highest BCUT2D eigenvalue weighted by Crippen LogP contribution is 2.12. The monoisotopic (exact) mass is 288 g/mol. The first-order valence-electron chi connectivity index (χ1n) is 5.01. The topological polar surface area (TPSA) is 114 Å². The van der Waals surface area contributed by atoms with Crippen molar-refractivity contribution in [3.8, 4) is 0 Å². The van der Waals surface area contributed by atoms with E-state index in [1.54, 1.807) is 0 Å². The van der Waals surface area contributed by atoms with E-state index in [4.69, 9.17) is 5.11 Å². The Morgan fingerprint density at radius 3 is 2.47 bits per heavy atom. The number of sulfonamides is 1. The molecular weight excluding hydrogens is 276 g/mol. The fourth-order valence-corrected chi connectivity index (χ4v) is 2.17. The fourth-order valence-electron chi connectivity index (χ4n) is 1.15. The van der Waals surface area contributed by atoms with Crippen LogP contribution >= 0.6 is 0 Å². The SMILES string of the molecule is COC(=O)CN(C)S(=O)(=O)c1ccc(C(=O)O)cn1. The molecule has 0 atom stereocenters. The van der Waals surface area contributed by atoms with Crippen LogP contribution < -0.4 is 0 Å². The number of methoxy groups -OCH3 is 1. The molecule has 1 aromatic rings. The molecule has 19 heavy (non-hydrogen) atoms. The second kappa shape index (κ2) is 5.76. The summed E-state index contributed by atoms with van der Waals surface area (Å²) in [5.74, 6) is -1.92. The van der Waals surface area contributed by atoms with Gasteiger partial charge in [-0.05, 0) is 12.1 Å². The number of carbonyl (C=O) groups is 2. The first-order valence-corrected chi connectivity index (χ1v) is 6.45. The van der Waals surface area contributed by atoms with Crippen molar-refractivity contribution in [2.75, 3.05) is 20.7 Å². The number of likely N-dealkylation sites (N-methyl/N-ethyl adjacent to an activating group) is 1. The van der Waals surface area contributed by atoms with E-state index < -0.39 is 28.5 Å². The van der Waals surface area contributed by atoms with Gasteiger partial charge in [0.15, 0.2) is 5.03 Å². The summed E-state index contributed by atoms with van der Waals surface area (Å²) in [6, 6.07) is 2.18. The molecule has 104 valence electrons. The van der Waals surface area contributed by atoms with Crippen LogP contribution in [0.15, 0.2) is 23.4 Å². The van der Waals surface area contributed by atoms with E-state index in [-0.39, 0.29) is 10.6 Å². The molecule has 0 aromatic carbocycles. The third-order valence-corrected chi connectivity index (χ3v) is 3.96. The van der Waals surface area contributed by atoms with Gasteiger partial charge in [0, 0.05) is 13.2 Å². The molecule has 0 saturated heterocycles. The number of carboxylic acid groups (broad SMARTS) is 1. The Bertz CT molecular complexity index is 581. The van der Waals surface area contributed by atoms with Crippen molar-refractivity contribution in [2.45, 2.75) is 5.03 Å². The van der Waals surface area contributed by atoms with Crippen molar-refractivity contribution in [3.05, 3.63) is 23.9 Å². The van der Waals surface area contributed by atoms with E-state index in [1.165, 1.54) is 7.05 Å². The summed E-state index contributed by atoms with van der Waals surface area (Å²) in [5.41, 5.74) is -0.130. The van der Waals surface area contributed by atoms with Crippen LogP contribution in [0.3, 0.4) is 0 Å². The van der Waals surface area contributed by atoms with Gasteiger partial charge < -0.3 is 9.84 Å². The maximum atomic E-state index is 12.0. The second-order valence-electron chi connectivity index (χ2n) is 3.53. The average molecular weight is 288 g/mol. The molecule has 0 spiro atoms. The van der Waals surface area contributed by atoms with E-state index >= 15 is 0 Å². The third kappa shape index (κ3) is 3.48. The molecule has 0 aliphatic heterocycles. The molecule has 0 saturated carbocycles. The van der Waals surface area contributed by atoms with Gasteiger partial charge >= 0.3 is 11.9 Å². The summed E-state index contributed by atoms with van der Waals surface area (Å²) in [6.07, 6.45) is 0.932. The van der Waals surface area contributed by atoms with Gasteiger partial charge in [0.1, 0.15) is 6.54 Å². The molecule has 1 rings (SSSR count). The number of pyridine rings is 1. The molecular formula is C10H12N2O6S. The predicted octanol–water partition coefficient (Wildman–Crippen LogP) is -0.427. The molecule has 1 heterocycles. The number of nitrogens with zero attached hydrogens (tertiary/aromatic N) is 2. The van der Waals surface area contributed by atoms with Crippen LogP contribution in [-0.4, -0.2) is 55.5 Å². The van der Waals surface area contributed by atoms with Gasteiger partial charge in [-0.2, -0.15) is 4.31 Å². The number of carbonyl (C=O) groups excluding carboxylic acids is 1. The number of aromatic nitrogens is 1. The molecule has 1 aromatic heterocycles. The molecule has 9 heteroatoms. The summed E-state index contributed by atoms with van der Waals surface area (Å²) in [7, 11) is -1.62. The minimum Gasteiger partial charge on any atom is -0.478 e. The van der Waals surface area contributed by atoms with Crippen LogP contribution in [-0.2, 0) is 19.6 Å². The summed E-state index contributed by atoms with van der Waals surface area (Å²) < 4.78 is 29.1. The van der Waals surface area contributed by atoms with E-state index in [2.05, 4.69) is 9.72 Å². The van der Waals surface area contributed by atoms with Crippen molar-refractivity contribution < 1.29 is 27.9 Å². The number of hydrogen-bond donors (Lipinski definition) is 1. The smallest absolute Gasteiger partial charge is 0.337 e. The van der Waals surface area contributed by atoms with Crippen molar-refractivity contribution in [3.63, 3.8) is 0 Å². The van der Waals surface area contributed by atoms with Gasteiger partial charge in [0.05, 0.1) is 12.7 Å². The van der Waals surface area contributed by atoms with Crippen LogP contribution in [0.4, 0.5) is 0 Å². The largest absolute Gasteiger partial charge is 0.478 e. The van der Waals surface area contributed by atoms with Crippen molar-refractivity contribution in [1.82, 2.24) is 9.29 Å². The maximum absolute atomic E-state index is 12.0. The van der Waals surface area contributed by atoms with Crippen LogP contribution in [0, 0.1) is 0 Å². The normalized spacial score (nSPS) is 11.3. The Hall–Kier alpha value is -2.00. The zero-order valence-electron chi connectivity index (χ0n) is 10.2. The predicted molar refractivity (Wildman–Crippen MR) is 63.0 cm³/mol. The first kappa shape index (κ1) is 15.1. The number of ether oxygens (including phenoxy) is 1. The Labute approximate surface area is 109 Å². The molecule has 0 aliphatic carbocycles. The molecule has 0 unspecified atom stereocenters. The lowest BCUT2D eigenvalue weighted by Gasteiger charge is -2.14. The fraction of sp³-hybridized carbons (Fsp3) is 0.300. The number of hydrogen-bond acceptors (Lipinski definition) is 6. The van der Waals surface area contributed by atoms with E-state index in [0.29, 0.717) is 0 Å². The zero-order valence-corrected chi connectivity index (χ0v) is 11.0. The number of rotatable bonds is 5. The van der Waals surface area contributed by atoms with Gasteiger partial charge in [0.2, 0.25) is 0 Å². The van der Waals surface area contributed by atoms with Crippen LogP contribution in [0.1, 0.15) is 10.4 Å². The lowest BCUT2D eigenvalue weighted by Crippen LogP contribution is -2.33. The Morgan fingerprint density at radius 1 is 1.42 bits per heavy atom. The number of aromatic carboxylic acids is 1. The molecule has 1 N–H and O–H groups in total. The molecule has 0 fully saturated rings. The van der Waals surface area contributed by atoms with Gasteiger partial charge in [-0.1, -0.05) is 0 Å². The summed E-state index contributed by atoms with van der Waals surface area (Å²) >= 11 is 0. The molecule has 0 aliphatic rings. The van der Waals surface area contributed by atoms with Crippen LogP contribution in [0.5, 0.6) is 0 Å². The number of carboxylic acids is 1. The molecule has 0 amide bonds. The first-order chi connectivity index (χ1) is 8.78. The highest BCUT2D eigenvalue weighted by atomic mass is 32.2. The van der Waals surface area contributed by atoms with Gasteiger partial charge in [-0.15, -0.1) is 0 Å². The van der Waals surface area contributed by atoms with E-state index in [1.807, 2.05) is 0 Å². The lowest BCUT2D eigenvalue weighted by atomic mass is 10.3. The molecule has 0 radical (unpaired) electrons. The van der Waals surface area contributed by atoms with Gasteiger partial charge in [0.25, 0.3) is 10.0 Å². The average Bonchev–Trinajstić information content (AvgIpc) is 2.38. The van der Waals surface area contributed by atoms with E-state index in [0.717, 1.165) is 29.7 Å². The minimum absolute atomic E-state index is 0.130. The highest BCUT2D eigenvalue weighted by molar-refractivity contribution is 7.89. The van der Waals surface area contributed by atoms with E-state index in [9.17, 15) is 18.0 Å². The zero-order chi connectivity index (χ0) is 14.6. The van der Waals surface area contributed by atoms with Gasteiger partial charge in [-0.25, -0.2) is 18.2 Å². The maximum Gasteiger partial charge on any atom is 0.337 e.